The number of benzene rings is 1. The van der Waals surface area contributed by atoms with Gasteiger partial charge >= 0.3 is 0 Å². The molecule has 0 bridgehead atoms. The summed E-state index contributed by atoms with van der Waals surface area (Å²) in [5, 5.41) is 0.673. The first-order valence-corrected chi connectivity index (χ1v) is 10.3. The molecule has 148 valence electrons. The van der Waals surface area contributed by atoms with Gasteiger partial charge in [-0.2, -0.15) is 0 Å². The van der Waals surface area contributed by atoms with Gasteiger partial charge in [-0.1, -0.05) is 29.8 Å². The molecule has 1 aromatic carbocycles. The second kappa shape index (κ2) is 9.03. The molecule has 2 aliphatic heterocycles. The molecule has 2 atom stereocenters. The van der Waals surface area contributed by atoms with Crippen molar-refractivity contribution in [3.63, 3.8) is 0 Å². The summed E-state index contributed by atoms with van der Waals surface area (Å²) in [6.45, 7) is 4.82. The number of hydrogen-bond acceptors (Lipinski definition) is 4. The van der Waals surface area contributed by atoms with Gasteiger partial charge in [0.15, 0.2) is 0 Å². The van der Waals surface area contributed by atoms with E-state index in [9.17, 15) is 4.79 Å². The predicted octanol–water partition coefficient (Wildman–Crippen LogP) is 3.03. The number of nitrogens with zero attached hydrogens (tertiary/aromatic N) is 3. The number of carbonyl (C=O) groups excluding carboxylic acids is 1. The Kier molecular flexibility index (Phi) is 6.25. The van der Waals surface area contributed by atoms with Gasteiger partial charge in [0.25, 0.3) is 0 Å². The van der Waals surface area contributed by atoms with Gasteiger partial charge in [0.1, 0.15) is 0 Å². The van der Waals surface area contributed by atoms with E-state index in [0.29, 0.717) is 23.4 Å². The molecular formula is C22H26ClN3O2. The van der Waals surface area contributed by atoms with Gasteiger partial charge < -0.3 is 9.64 Å². The Morgan fingerprint density at radius 1 is 1.21 bits per heavy atom. The molecule has 2 aliphatic rings. The second-order valence-corrected chi connectivity index (χ2v) is 8.11. The summed E-state index contributed by atoms with van der Waals surface area (Å²) >= 11 is 6.05. The molecule has 5 nitrogen and oxygen atoms in total. The Hall–Kier alpha value is -1.95. The quantitative estimate of drug-likeness (QED) is 0.792. The number of amides is 1. The lowest BCUT2D eigenvalue weighted by Crippen LogP contribution is -2.52. The zero-order valence-electron chi connectivity index (χ0n) is 16.0. The van der Waals surface area contributed by atoms with Crippen molar-refractivity contribution in [1.29, 1.82) is 0 Å². The van der Waals surface area contributed by atoms with Crippen LogP contribution >= 0.6 is 11.6 Å². The van der Waals surface area contributed by atoms with Crippen LogP contribution in [0.2, 0.25) is 5.02 Å². The van der Waals surface area contributed by atoms with E-state index in [-0.39, 0.29) is 5.91 Å². The van der Waals surface area contributed by atoms with Crippen molar-refractivity contribution in [3.05, 3.63) is 64.9 Å². The zero-order chi connectivity index (χ0) is 19.3. The van der Waals surface area contributed by atoms with Crippen molar-refractivity contribution in [2.45, 2.75) is 25.4 Å². The van der Waals surface area contributed by atoms with Crippen molar-refractivity contribution >= 4 is 17.5 Å². The summed E-state index contributed by atoms with van der Waals surface area (Å²) in [5.41, 5.74) is 2.19. The number of pyridine rings is 1. The Morgan fingerprint density at radius 2 is 2.11 bits per heavy atom. The molecule has 0 aliphatic carbocycles. The number of likely N-dealkylation sites (tertiary alicyclic amines) is 1. The number of carbonyl (C=O) groups is 1. The highest BCUT2D eigenvalue weighted by Gasteiger charge is 2.36. The number of ether oxygens (including phenoxy) is 1. The number of piperidine rings is 1. The minimum atomic E-state index is 0.170. The Morgan fingerprint density at radius 3 is 2.93 bits per heavy atom. The van der Waals surface area contributed by atoms with E-state index in [1.54, 1.807) is 0 Å². The van der Waals surface area contributed by atoms with Crippen molar-refractivity contribution in [2.75, 3.05) is 32.8 Å². The first kappa shape index (κ1) is 19.4. The van der Waals surface area contributed by atoms with Crippen molar-refractivity contribution in [3.8, 4) is 0 Å². The monoisotopic (exact) mass is 399 g/mol. The molecule has 0 radical (unpaired) electrons. The summed E-state index contributed by atoms with van der Waals surface area (Å²) in [6, 6.07) is 12.1. The molecule has 1 aromatic heterocycles. The molecule has 0 N–H and O–H groups in total. The lowest BCUT2D eigenvalue weighted by atomic mass is 9.91. The van der Waals surface area contributed by atoms with Gasteiger partial charge in [0.05, 0.1) is 19.6 Å². The fourth-order valence-corrected chi connectivity index (χ4v) is 4.54. The van der Waals surface area contributed by atoms with Crippen LogP contribution < -0.4 is 0 Å². The number of hydrogen-bond donors (Lipinski definition) is 0. The molecule has 3 heterocycles. The summed E-state index contributed by atoms with van der Waals surface area (Å²) in [5.74, 6) is 0.514. The fraction of sp³-hybridized carbons (Fsp3) is 0.455. The van der Waals surface area contributed by atoms with Gasteiger partial charge in [-0.3, -0.25) is 14.7 Å². The van der Waals surface area contributed by atoms with Gasteiger partial charge in [-0.05, 0) is 35.7 Å². The average Bonchev–Trinajstić information content (AvgIpc) is 2.90. The van der Waals surface area contributed by atoms with Crippen LogP contribution in [0.1, 0.15) is 17.5 Å². The SMILES string of the molecule is O=C(Cc1cccc(Cl)c1)N1CC[C@@H]2[C@@H](COCCN2Cc2cccnc2)C1. The normalized spacial score (nSPS) is 23.1. The summed E-state index contributed by atoms with van der Waals surface area (Å²) in [7, 11) is 0. The lowest BCUT2D eigenvalue weighted by Gasteiger charge is -2.42. The van der Waals surface area contributed by atoms with E-state index in [2.05, 4.69) is 16.0 Å². The molecule has 6 heteroatoms. The molecular weight excluding hydrogens is 374 g/mol. The van der Waals surface area contributed by atoms with E-state index in [1.165, 1.54) is 5.56 Å². The van der Waals surface area contributed by atoms with Crippen LogP contribution in [0.15, 0.2) is 48.8 Å². The predicted molar refractivity (Wildman–Crippen MR) is 109 cm³/mol. The Bertz CT molecular complexity index is 801. The standard InChI is InChI=1S/C22H26ClN3O2/c23-20-5-1-3-17(11-20)12-22(27)26-8-6-21-19(15-26)16-28-10-9-25(21)14-18-4-2-7-24-13-18/h1-5,7,11,13,19,21H,6,8-10,12,14-16H2/t19-,21-/m1/s1. The second-order valence-electron chi connectivity index (χ2n) is 7.67. The molecule has 28 heavy (non-hydrogen) atoms. The van der Waals surface area contributed by atoms with E-state index >= 15 is 0 Å². The van der Waals surface area contributed by atoms with Crippen molar-refractivity contribution in [2.24, 2.45) is 5.92 Å². The van der Waals surface area contributed by atoms with E-state index in [1.807, 2.05) is 47.6 Å². The molecule has 1 amide bonds. The van der Waals surface area contributed by atoms with Crippen LogP contribution in [-0.4, -0.2) is 59.6 Å². The van der Waals surface area contributed by atoms with E-state index in [0.717, 1.165) is 51.4 Å². The first-order valence-electron chi connectivity index (χ1n) is 9.92. The van der Waals surface area contributed by atoms with Gasteiger partial charge in [0, 0.05) is 55.6 Å². The highest BCUT2D eigenvalue weighted by Crippen LogP contribution is 2.27. The van der Waals surface area contributed by atoms with Gasteiger partial charge in [0.2, 0.25) is 5.91 Å². The van der Waals surface area contributed by atoms with Gasteiger partial charge in [-0.25, -0.2) is 0 Å². The zero-order valence-corrected chi connectivity index (χ0v) is 16.7. The number of fused-ring (bicyclic) bond motifs is 1. The molecule has 0 saturated carbocycles. The first-order chi connectivity index (χ1) is 13.7. The molecule has 2 fully saturated rings. The Balaban J connectivity index is 1.40. The number of aromatic nitrogens is 1. The molecule has 2 saturated heterocycles. The molecule has 2 aromatic rings. The lowest BCUT2D eigenvalue weighted by molar-refractivity contribution is -0.133. The molecule has 0 spiro atoms. The van der Waals surface area contributed by atoms with Crippen LogP contribution in [0.5, 0.6) is 0 Å². The van der Waals surface area contributed by atoms with E-state index in [4.69, 9.17) is 16.3 Å². The fourth-order valence-electron chi connectivity index (χ4n) is 4.33. The molecule has 4 rings (SSSR count). The third-order valence-corrected chi connectivity index (χ3v) is 5.96. The van der Waals surface area contributed by atoms with E-state index < -0.39 is 0 Å². The van der Waals surface area contributed by atoms with Crippen LogP contribution in [0.25, 0.3) is 0 Å². The summed E-state index contributed by atoms with van der Waals surface area (Å²) in [4.78, 5) is 21.6. The smallest absolute Gasteiger partial charge is 0.227 e. The molecule has 0 unspecified atom stereocenters. The van der Waals surface area contributed by atoms with Crippen LogP contribution in [0, 0.1) is 5.92 Å². The maximum absolute atomic E-state index is 12.8. The third-order valence-electron chi connectivity index (χ3n) is 5.72. The average molecular weight is 400 g/mol. The highest BCUT2D eigenvalue weighted by molar-refractivity contribution is 6.30. The van der Waals surface area contributed by atoms with Crippen molar-refractivity contribution < 1.29 is 9.53 Å². The topological polar surface area (TPSA) is 45.7 Å². The maximum Gasteiger partial charge on any atom is 0.227 e. The van der Waals surface area contributed by atoms with Crippen LogP contribution in [0.4, 0.5) is 0 Å². The Labute approximate surface area is 171 Å². The minimum absolute atomic E-state index is 0.170. The van der Waals surface area contributed by atoms with Crippen LogP contribution in [0.3, 0.4) is 0 Å². The van der Waals surface area contributed by atoms with Crippen molar-refractivity contribution in [1.82, 2.24) is 14.8 Å². The minimum Gasteiger partial charge on any atom is -0.380 e. The third kappa shape index (κ3) is 4.72. The largest absolute Gasteiger partial charge is 0.380 e. The number of halogens is 1. The highest BCUT2D eigenvalue weighted by atomic mass is 35.5. The van der Waals surface area contributed by atoms with Gasteiger partial charge in [-0.15, -0.1) is 0 Å². The summed E-state index contributed by atoms with van der Waals surface area (Å²) < 4.78 is 5.88. The summed E-state index contributed by atoms with van der Waals surface area (Å²) in [6.07, 6.45) is 5.13. The van der Waals surface area contributed by atoms with Crippen LogP contribution in [-0.2, 0) is 22.5 Å². The maximum atomic E-state index is 12.8. The number of rotatable bonds is 4.